The monoisotopic (exact) mass is 539 g/mol. The summed E-state index contributed by atoms with van der Waals surface area (Å²) in [6.07, 6.45) is 1.34. The summed E-state index contributed by atoms with van der Waals surface area (Å²) < 4.78 is 6.40. The number of nitriles is 1. The molecule has 1 N–H and O–H groups in total. The highest BCUT2D eigenvalue weighted by Gasteiger charge is 2.30. The van der Waals surface area contributed by atoms with E-state index in [0.717, 1.165) is 63.1 Å². The number of rotatable bonds is 6. The number of carbonyl (C=O) groups is 1. The molecule has 2 heterocycles. The number of carboxylic acids is 1. The van der Waals surface area contributed by atoms with Crippen LogP contribution in [-0.4, -0.2) is 40.0 Å². The lowest BCUT2D eigenvalue weighted by Crippen LogP contribution is -2.38. The highest BCUT2D eigenvalue weighted by Crippen LogP contribution is 2.38. The molecule has 1 unspecified atom stereocenters. The van der Waals surface area contributed by atoms with Gasteiger partial charge in [0.2, 0.25) is 0 Å². The van der Waals surface area contributed by atoms with E-state index in [-0.39, 0.29) is 12.0 Å². The van der Waals surface area contributed by atoms with Crippen LogP contribution in [0.3, 0.4) is 0 Å². The van der Waals surface area contributed by atoms with E-state index in [1.165, 1.54) is 5.56 Å². The molecule has 0 spiro atoms. The number of aliphatic imine (C=N–C) groups is 1. The zero-order chi connectivity index (χ0) is 27.5. The Labute approximate surface area is 234 Å². The third kappa shape index (κ3) is 5.97. The number of ether oxygens (including phenoxy) is 1. The number of nitrogens with zero attached hydrogens (tertiary/aromatic N) is 3. The Morgan fingerprint density at radius 3 is 2.56 bits per heavy atom. The Bertz CT molecular complexity index is 1470. The smallest absolute Gasteiger partial charge is 0.306 e. The molecule has 39 heavy (non-hydrogen) atoms. The van der Waals surface area contributed by atoms with Crippen LogP contribution in [0.25, 0.3) is 11.1 Å². The molecule has 3 aromatic carbocycles. The van der Waals surface area contributed by atoms with Gasteiger partial charge in [0, 0.05) is 24.4 Å². The SMILES string of the molecule is Cc1ccc(OCc2ccc(-c3ccc(C#N)cc3C)cc2C)c(C2CSC(N3CCC(C(=O)O)CC3)=N2)c1. The van der Waals surface area contributed by atoms with E-state index in [4.69, 9.17) is 15.0 Å². The van der Waals surface area contributed by atoms with Gasteiger partial charge in [-0.3, -0.25) is 9.79 Å². The number of aryl methyl sites for hydroxylation is 3. The minimum atomic E-state index is -0.690. The van der Waals surface area contributed by atoms with Crippen molar-refractivity contribution in [2.75, 3.05) is 18.8 Å². The molecule has 0 bridgehead atoms. The average molecular weight is 540 g/mol. The minimum Gasteiger partial charge on any atom is -0.489 e. The van der Waals surface area contributed by atoms with Gasteiger partial charge in [-0.05, 0) is 79.6 Å². The number of thioether (sulfide) groups is 1. The van der Waals surface area contributed by atoms with Gasteiger partial charge >= 0.3 is 5.97 Å². The largest absolute Gasteiger partial charge is 0.489 e. The Morgan fingerprint density at radius 2 is 1.87 bits per heavy atom. The van der Waals surface area contributed by atoms with Crippen molar-refractivity contribution < 1.29 is 14.6 Å². The second kappa shape index (κ2) is 11.5. The van der Waals surface area contributed by atoms with Crippen molar-refractivity contribution in [3.63, 3.8) is 0 Å². The Hall–Kier alpha value is -3.76. The maximum Gasteiger partial charge on any atom is 0.306 e. The highest BCUT2D eigenvalue weighted by atomic mass is 32.2. The van der Waals surface area contributed by atoms with Gasteiger partial charge in [-0.25, -0.2) is 0 Å². The van der Waals surface area contributed by atoms with Crippen molar-refractivity contribution in [1.29, 1.82) is 5.26 Å². The van der Waals surface area contributed by atoms with Gasteiger partial charge in [0.25, 0.3) is 0 Å². The molecule has 3 aromatic rings. The molecule has 2 aliphatic rings. The Balaban J connectivity index is 1.29. The third-order valence-corrected chi connectivity index (χ3v) is 8.77. The van der Waals surface area contributed by atoms with Crippen LogP contribution >= 0.6 is 11.8 Å². The van der Waals surface area contributed by atoms with Gasteiger partial charge < -0.3 is 14.7 Å². The number of likely N-dealkylation sites (tertiary alicyclic amines) is 1. The maximum atomic E-state index is 11.3. The lowest BCUT2D eigenvalue weighted by atomic mass is 9.96. The summed E-state index contributed by atoms with van der Waals surface area (Å²) in [6, 6.07) is 20.7. The molecule has 1 saturated heterocycles. The van der Waals surface area contributed by atoms with Gasteiger partial charge in [-0.2, -0.15) is 5.26 Å². The van der Waals surface area contributed by atoms with Gasteiger partial charge in [0.05, 0.1) is 23.6 Å². The number of hydrogen-bond acceptors (Lipinski definition) is 6. The lowest BCUT2D eigenvalue weighted by Gasteiger charge is -2.31. The number of carboxylic acid groups (broad SMARTS) is 1. The molecule has 7 heteroatoms. The average Bonchev–Trinajstić information content (AvgIpc) is 3.43. The zero-order valence-electron chi connectivity index (χ0n) is 22.6. The molecule has 6 nitrogen and oxygen atoms in total. The first-order valence-electron chi connectivity index (χ1n) is 13.3. The van der Waals surface area contributed by atoms with Crippen LogP contribution in [0.1, 0.15) is 52.3 Å². The van der Waals surface area contributed by atoms with Crippen LogP contribution in [0.15, 0.2) is 59.6 Å². The summed E-state index contributed by atoms with van der Waals surface area (Å²) in [4.78, 5) is 18.6. The number of aliphatic carboxylic acids is 1. The fraction of sp³-hybridized carbons (Fsp3) is 0.344. The topological polar surface area (TPSA) is 85.9 Å². The quantitative estimate of drug-likeness (QED) is 0.377. The number of piperidine rings is 1. The van der Waals surface area contributed by atoms with Gasteiger partial charge in [0.15, 0.2) is 5.17 Å². The fourth-order valence-electron chi connectivity index (χ4n) is 5.31. The minimum absolute atomic E-state index is 0.0138. The number of hydrogen-bond donors (Lipinski definition) is 1. The zero-order valence-corrected chi connectivity index (χ0v) is 23.4. The lowest BCUT2D eigenvalue weighted by molar-refractivity contribution is -0.143. The van der Waals surface area contributed by atoms with Crippen LogP contribution in [0.5, 0.6) is 5.75 Å². The first-order chi connectivity index (χ1) is 18.8. The van der Waals surface area contributed by atoms with E-state index < -0.39 is 5.97 Å². The Kier molecular flexibility index (Phi) is 7.94. The first-order valence-corrected chi connectivity index (χ1v) is 14.3. The molecule has 0 saturated carbocycles. The summed E-state index contributed by atoms with van der Waals surface area (Å²) in [7, 11) is 0. The van der Waals surface area contributed by atoms with Crippen LogP contribution in [0, 0.1) is 38.0 Å². The van der Waals surface area contributed by atoms with Crippen LogP contribution in [-0.2, 0) is 11.4 Å². The highest BCUT2D eigenvalue weighted by molar-refractivity contribution is 8.14. The summed E-state index contributed by atoms with van der Waals surface area (Å²) in [5, 5.41) is 19.5. The summed E-state index contributed by atoms with van der Waals surface area (Å²) in [6.45, 7) is 8.18. The van der Waals surface area contributed by atoms with E-state index in [2.05, 4.69) is 55.1 Å². The molecule has 1 fully saturated rings. The predicted molar refractivity (Wildman–Crippen MR) is 156 cm³/mol. The molecular formula is C32H33N3O3S. The van der Waals surface area contributed by atoms with E-state index in [0.29, 0.717) is 25.0 Å². The van der Waals surface area contributed by atoms with E-state index in [1.807, 2.05) is 31.2 Å². The predicted octanol–water partition coefficient (Wildman–Crippen LogP) is 6.67. The molecule has 0 aromatic heterocycles. The maximum absolute atomic E-state index is 11.3. The first kappa shape index (κ1) is 26.8. The van der Waals surface area contributed by atoms with Crippen molar-refractivity contribution in [1.82, 2.24) is 4.90 Å². The molecular weight excluding hydrogens is 506 g/mol. The van der Waals surface area contributed by atoms with Crippen molar-refractivity contribution in [3.8, 4) is 22.9 Å². The molecule has 2 aliphatic heterocycles. The van der Waals surface area contributed by atoms with E-state index >= 15 is 0 Å². The standard InChI is InChI=1S/C32H33N3O3S/c1-20-4-9-30(28(14-20)29-19-39-32(34-29)35-12-10-24(11-13-35)31(36)37)38-18-26-7-6-25(16-21(26)2)27-8-5-23(17-33)15-22(27)3/h4-9,14-16,24,29H,10-13,18-19H2,1-3H3,(H,36,37). The molecule has 1 atom stereocenters. The van der Waals surface area contributed by atoms with E-state index in [1.54, 1.807) is 11.8 Å². The molecule has 200 valence electrons. The van der Waals surface area contributed by atoms with Crippen LogP contribution < -0.4 is 4.74 Å². The third-order valence-electron chi connectivity index (χ3n) is 7.67. The summed E-state index contributed by atoms with van der Waals surface area (Å²) >= 11 is 1.75. The molecule has 0 radical (unpaired) electrons. The number of benzene rings is 3. The normalized spacial score (nSPS) is 17.5. The van der Waals surface area contributed by atoms with Gasteiger partial charge in [-0.15, -0.1) is 0 Å². The summed E-state index contributed by atoms with van der Waals surface area (Å²) in [5.74, 6) is 0.772. The summed E-state index contributed by atoms with van der Waals surface area (Å²) in [5.41, 5.74) is 8.58. The van der Waals surface area contributed by atoms with Crippen molar-refractivity contribution in [2.45, 2.75) is 46.3 Å². The molecule has 0 aliphatic carbocycles. The van der Waals surface area contributed by atoms with Crippen LogP contribution in [0.2, 0.25) is 0 Å². The molecule has 0 amide bonds. The second-order valence-electron chi connectivity index (χ2n) is 10.5. The molecule has 5 rings (SSSR count). The van der Waals surface area contributed by atoms with Crippen LogP contribution in [0.4, 0.5) is 0 Å². The Morgan fingerprint density at radius 1 is 1.08 bits per heavy atom. The second-order valence-corrected chi connectivity index (χ2v) is 11.4. The van der Waals surface area contributed by atoms with Gasteiger partial charge in [0.1, 0.15) is 12.4 Å². The van der Waals surface area contributed by atoms with Crippen molar-refractivity contribution >= 4 is 22.9 Å². The van der Waals surface area contributed by atoms with E-state index in [9.17, 15) is 9.90 Å². The van der Waals surface area contributed by atoms with Crippen molar-refractivity contribution in [3.05, 3.63) is 88.0 Å². The number of amidine groups is 1. The van der Waals surface area contributed by atoms with Crippen molar-refractivity contribution in [2.24, 2.45) is 10.9 Å². The fourth-order valence-corrected chi connectivity index (χ4v) is 6.44. The van der Waals surface area contributed by atoms with Gasteiger partial charge in [-0.1, -0.05) is 53.7 Å².